The highest BCUT2D eigenvalue weighted by Crippen LogP contribution is 2.28. The maximum atomic E-state index is 12.0. The van der Waals surface area contributed by atoms with Gasteiger partial charge < -0.3 is 10.3 Å². The third-order valence-electron chi connectivity index (χ3n) is 4.17. The lowest BCUT2D eigenvalue weighted by Gasteiger charge is -2.10. The third-order valence-corrected chi connectivity index (χ3v) is 4.17. The van der Waals surface area contributed by atoms with Crippen molar-refractivity contribution in [1.29, 1.82) is 0 Å². The van der Waals surface area contributed by atoms with Crippen LogP contribution >= 0.6 is 0 Å². The van der Waals surface area contributed by atoms with Gasteiger partial charge in [-0.25, -0.2) is 0 Å². The fourth-order valence-electron chi connectivity index (χ4n) is 3.04. The molecule has 3 rings (SSSR count). The Kier molecular flexibility index (Phi) is 3.59. The molecule has 2 N–H and O–H groups in total. The van der Waals surface area contributed by atoms with Crippen molar-refractivity contribution in [2.24, 2.45) is 5.92 Å². The summed E-state index contributed by atoms with van der Waals surface area (Å²) in [5, 5.41) is 3.02. The second kappa shape index (κ2) is 5.53. The number of H-pyrrole nitrogens is 1. The summed E-state index contributed by atoms with van der Waals surface area (Å²) in [6.45, 7) is 2.67. The fraction of sp³-hybridized carbons (Fsp3) is 0.353. The van der Waals surface area contributed by atoms with E-state index in [-0.39, 0.29) is 5.91 Å². The van der Waals surface area contributed by atoms with Gasteiger partial charge in [-0.05, 0) is 49.3 Å². The van der Waals surface area contributed by atoms with Gasteiger partial charge in [-0.15, -0.1) is 0 Å². The Labute approximate surface area is 119 Å². The number of rotatable bonds is 4. The Bertz CT molecular complexity index is 590. The molecule has 0 saturated carbocycles. The van der Waals surface area contributed by atoms with Crippen molar-refractivity contribution >= 4 is 5.91 Å². The maximum Gasteiger partial charge on any atom is 0.253 e. The Balaban J connectivity index is 1.48. The number of hydrogen-bond donors (Lipinski definition) is 2. The van der Waals surface area contributed by atoms with E-state index in [1.165, 1.54) is 11.1 Å². The molecule has 0 unspecified atom stereocenters. The summed E-state index contributed by atoms with van der Waals surface area (Å²) in [5.74, 6) is 0.694. The van der Waals surface area contributed by atoms with Crippen molar-refractivity contribution in [3.05, 3.63) is 58.9 Å². The van der Waals surface area contributed by atoms with Crippen molar-refractivity contribution < 1.29 is 4.79 Å². The summed E-state index contributed by atoms with van der Waals surface area (Å²) < 4.78 is 0. The Morgan fingerprint density at radius 2 is 1.95 bits per heavy atom. The second-order valence-electron chi connectivity index (χ2n) is 5.60. The molecule has 1 aromatic heterocycles. The molecule has 2 aromatic rings. The van der Waals surface area contributed by atoms with E-state index in [4.69, 9.17) is 0 Å². The molecular weight excluding hydrogens is 248 g/mol. The molecule has 1 aliphatic carbocycles. The number of nitrogens with one attached hydrogen (secondary N) is 2. The molecule has 1 heterocycles. The zero-order chi connectivity index (χ0) is 13.9. The van der Waals surface area contributed by atoms with Gasteiger partial charge in [0.05, 0.1) is 5.56 Å². The Morgan fingerprint density at radius 1 is 1.25 bits per heavy atom. The third kappa shape index (κ3) is 2.62. The SMILES string of the molecule is Cc1[nH]ccc1C(=O)NCCC1Cc2ccccc2C1. The van der Waals surface area contributed by atoms with Gasteiger partial charge in [0, 0.05) is 18.4 Å². The van der Waals surface area contributed by atoms with Gasteiger partial charge in [0.15, 0.2) is 0 Å². The largest absolute Gasteiger partial charge is 0.365 e. The molecule has 20 heavy (non-hydrogen) atoms. The molecule has 104 valence electrons. The van der Waals surface area contributed by atoms with Gasteiger partial charge in [0.2, 0.25) is 0 Å². The summed E-state index contributed by atoms with van der Waals surface area (Å²) in [7, 11) is 0. The van der Waals surface area contributed by atoms with Crippen LogP contribution in [-0.2, 0) is 12.8 Å². The molecule has 0 spiro atoms. The highest BCUT2D eigenvalue weighted by atomic mass is 16.1. The summed E-state index contributed by atoms with van der Waals surface area (Å²) in [6, 6.07) is 10.5. The first-order chi connectivity index (χ1) is 9.74. The monoisotopic (exact) mass is 268 g/mol. The van der Waals surface area contributed by atoms with Crippen LogP contribution < -0.4 is 5.32 Å². The van der Waals surface area contributed by atoms with Crippen LogP contribution in [0.3, 0.4) is 0 Å². The second-order valence-corrected chi connectivity index (χ2v) is 5.60. The first kappa shape index (κ1) is 13.0. The van der Waals surface area contributed by atoms with Crippen LogP contribution in [0.1, 0.15) is 33.6 Å². The smallest absolute Gasteiger partial charge is 0.253 e. The molecular formula is C17H20N2O. The average molecular weight is 268 g/mol. The van der Waals surface area contributed by atoms with Crippen molar-refractivity contribution in [3.63, 3.8) is 0 Å². The lowest BCUT2D eigenvalue weighted by atomic mass is 10.0. The van der Waals surface area contributed by atoms with Crippen LogP contribution in [0.5, 0.6) is 0 Å². The molecule has 1 amide bonds. The number of benzene rings is 1. The summed E-state index contributed by atoms with van der Waals surface area (Å²) >= 11 is 0. The molecule has 0 fully saturated rings. The van der Waals surface area contributed by atoms with E-state index < -0.39 is 0 Å². The van der Waals surface area contributed by atoms with Gasteiger partial charge in [-0.3, -0.25) is 4.79 Å². The number of aryl methyl sites for hydroxylation is 1. The number of carbonyl (C=O) groups is 1. The highest BCUT2D eigenvalue weighted by molar-refractivity contribution is 5.95. The number of aromatic nitrogens is 1. The van der Waals surface area contributed by atoms with E-state index in [9.17, 15) is 4.79 Å². The zero-order valence-electron chi connectivity index (χ0n) is 11.8. The minimum atomic E-state index is 0.0271. The molecule has 0 aliphatic heterocycles. The topological polar surface area (TPSA) is 44.9 Å². The molecule has 0 radical (unpaired) electrons. The van der Waals surface area contributed by atoms with Crippen molar-refractivity contribution in [2.45, 2.75) is 26.2 Å². The molecule has 0 bridgehead atoms. The minimum Gasteiger partial charge on any atom is -0.365 e. The zero-order valence-corrected chi connectivity index (χ0v) is 11.8. The van der Waals surface area contributed by atoms with Crippen LogP contribution in [-0.4, -0.2) is 17.4 Å². The quantitative estimate of drug-likeness (QED) is 0.880. The van der Waals surface area contributed by atoms with Crippen molar-refractivity contribution in [2.75, 3.05) is 6.54 Å². The first-order valence-corrected chi connectivity index (χ1v) is 7.23. The van der Waals surface area contributed by atoms with E-state index in [0.29, 0.717) is 5.92 Å². The maximum absolute atomic E-state index is 12.0. The Morgan fingerprint density at radius 3 is 2.55 bits per heavy atom. The standard InChI is InChI=1S/C17H20N2O/c1-12-16(7-9-18-12)17(20)19-8-6-13-10-14-4-2-3-5-15(14)11-13/h2-5,7,9,13,18H,6,8,10-11H2,1H3,(H,19,20). The molecule has 1 aromatic carbocycles. The fourth-order valence-corrected chi connectivity index (χ4v) is 3.04. The highest BCUT2D eigenvalue weighted by Gasteiger charge is 2.20. The first-order valence-electron chi connectivity index (χ1n) is 7.23. The van der Waals surface area contributed by atoms with Crippen molar-refractivity contribution in [1.82, 2.24) is 10.3 Å². The normalized spacial score (nSPS) is 14.2. The molecule has 3 nitrogen and oxygen atoms in total. The van der Waals surface area contributed by atoms with Gasteiger partial charge in [-0.1, -0.05) is 24.3 Å². The van der Waals surface area contributed by atoms with Crippen molar-refractivity contribution in [3.8, 4) is 0 Å². The van der Waals surface area contributed by atoms with Gasteiger partial charge in [0.1, 0.15) is 0 Å². The number of fused-ring (bicyclic) bond motifs is 1. The van der Waals surface area contributed by atoms with E-state index in [2.05, 4.69) is 34.6 Å². The van der Waals surface area contributed by atoms with E-state index in [1.54, 1.807) is 6.20 Å². The van der Waals surface area contributed by atoms with Gasteiger partial charge in [0.25, 0.3) is 5.91 Å². The van der Waals surface area contributed by atoms with Gasteiger partial charge >= 0.3 is 0 Å². The van der Waals surface area contributed by atoms with Crippen LogP contribution in [0.15, 0.2) is 36.5 Å². The molecule has 0 atom stereocenters. The predicted octanol–water partition coefficient (Wildman–Crippen LogP) is 2.86. The lowest BCUT2D eigenvalue weighted by Crippen LogP contribution is -2.26. The number of hydrogen-bond acceptors (Lipinski definition) is 1. The molecule has 3 heteroatoms. The summed E-state index contributed by atoms with van der Waals surface area (Å²) in [6.07, 6.45) is 5.15. The average Bonchev–Trinajstić information content (AvgIpc) is 3.04. The number of amides is 1. The van der Waals surface area contributed by atoms with Crippen LogP contribution in [0, 0.1) is 12.8 Å². The minimum absolute atomic E-state index is 0.0271. The van der Waals surface area contributed by atoms with Crippen LogP contribution in [0.2, 0.25) is 0 Å². The van der Waals surface area contributed by atoms with Crippen LogP contribution in [0.25, 0.3) is 0 Å². The summed E-state index contributed by atoms with van der Waals surface area (Å²) in [5.41, 5.74) is 4.63. The van der Waals surface area contributed by atoms with E-state index >= 15 is 0 Å². The van der Waals surface area contributed by atoms with Crippen LogP contribution in [0.4, 0.5) is 0 Å². The number of carbonyl (C=O) groups excluding carboxylic acids is 1. The Hall–Kier alpha value is -2.03. The van der Waals surface area contributed by atoms with E-state index in [1.807, 2.05) is 13.0 Å². The predicted molar refractivity (Wildman–Crippen MR) is 79.8 cm³/mol. The molecule has 1 aliphatic rings. The lowest BCUT2D eigenvalue weighted by molar-refractivity contribution is 0.0951. The molecule has 0 saturated heterocycles. The summed E-state index contributed by atoms with van der Waals surface area (Å²) in [4.78, 5) is 15.0. The number of aromatic amines is 1. The van der Waals surface area contributed by atoms with E-state index in [0.717, 1.165) is 37.1 Å². The van der Waals surface area contributed by atoms with Gasteiger partial charge in [-0.2, -0.15) is 0 Å².